The molecule has 1 aromatic heterocycles. The Bertz CT molecular complexity index is 1110. The van der Waals surface area contributed by atoms with E-state index in [4.69, 9.17) is 9.47 Å². The summed E-state index contributed by atoms with van der Waals surface area (Å²) in [6.45, 7) is 0.982. The van der Waals surface area contributed by atoms with E-state index in [1.807, 2.05) is 0 Å². The van der Waals surface area contributed by atoms with Crippen LogP contribution >= 0.6 is 11.7 Å². The molecule has 2 amide bonds. The van der Waals surface area contributed by atoms with Crippen molar-refractivity contribution < 1.29 is 23.9 Å². The molecule has 0 aliphatic carbocycles. The van der Waals surface area contributed by atoms with Gasteiger partial charge in [0.05, 0.1) is 24.5 Å². The van der Waals surface area contributed by atoms with Crippen LogP contribution in [0.1, 0.15) is 12.5 Å². The third-order valence-electron chi connectivity index (χ3n) is 4.16. The zero-order chi connectivity index (χ0) is 22.2. The molecular formula is C21H20N4O5S. The number of amides is 2. The van der Waals surface area contributed by atoms with Crippen LogP contribution in [-0.2, 0) is 19.1 Å². The highest BCUT2D eigenvalue weighted by Gasteiger charge is 2.18. The number of hydrogen-bond acceptors (Lipinski definition) is 8. The Morgan fingerprint density at radius 2 is 1.90 bits per heavy atom. The fourth-order valence-electron chi connectivity index (χ4n) is 2.56. The van der Waals surface area contributed by atoms with Gasteiger partial charge in [-0.15, -0.1) is 0 Å². The van der Waals surface area contributed by atoms with Gasteiger partial charge in [0, 0.05) is 6.08 Å². The Balaban J connectivity index is 1.45. The molecule has 0 saturated carbocycles. The molecule has 31 heavy (non-hydrogen) atoms. The number of fused-ring (bicyclic) bond motifs is 1. The summed E-state index contributed by atoms with van der Waals surface area (Å²) in [5.74, 6) is -1.00. The smallest absolute Gasteiger partial charge is 0.328 e. The van der Waals surface area contributed by atoms with Crippen molar-refractivity contribution in [1.82, 2.24) is 14.1 Å². The predicted octanol–water partition coefficient (Wildman–Crippen LogP) is 2.40. The molecule has 9 nitrogen and oxygen atoms in total. The quantitative estimate of drug-likeness (QED) is 0.408. The van der Waals surface area contributed by atoms with Gasteiger partial charge in [-0.3, -0.25) is 9.59 Å². The lowest BCUT2D eigenvalue weighted by Gasteiger charge is -2.12. The summed E-state index contributed by atoms with van der Waals surface area (Å²) in [6, 6.07) is 11.4. The third kappa shape index (κ3) is 6.09. The Morgan fingerprint density at radius 3 is 2.65 bits per heavy atom. The van der Waals surface area contributed by atoms with Gasteiger partial charge in [-0.1, -0.05) is 18.2 Å². The molecule has 2 N–H and O–H groups in total. The van der Waals surface area contributed by atoms with E-state index in [-0.39, 0.29) is 0 Å². The van der Waals surface area contributed by atoms with E-state index in [1.165, 1.54) is 13.0 Å². The minimum atomic E-state index is -0.924. The number of benzene rings is 2. The van der Waals surface area contributed by atoms with Crippen molar-refractivity contribution in [2.24, 2.45) is 0 Å². The molecule has 0 aliphatic heterocycles. The molecule has 10 heteroatoms. The van der Waals surface area contributed by atoms with Crippen molar-refractivity contribution in [1.29, 1.82) is 0 Å². The average molecular weight is 440 g/mol. The second-order valence-corrected chi connectivity index (χ2v) is 6.96. The van der Waals surface area contributed by atoms with Crippen LogP contribution in [0.3, 0.4) is 0 Å². The molecule has 1 unspecified atom stereocenters. The van der Waals surface area contributed by atoms with Crippen LogP contribution in [0.2, 0.25) is 0 Å². The van der Waals surface area contributed by atoms with E-state index in [0.717, 1.165) is 17.3 Å². The standard InChI is InChI=1S/C21H20N4O5S/c1-13(22-18(26)11-8-14-6-9-15(29-2)10-7-14)21(28)30-12-19(27)23-16-4-3-5-17-20(16)25-31-24-17/h3-11,13H,12H2,1-2H3,(H,22,26)(H,23,27). The summed E-state index contributed by atoms with van der Waals surface area (Å²) in [7, 11) is 1.57. The number of nitrogens with zero attached hydrogens (tertiary/aromatic N) is 2. The number of anilines is 1. The van der Waals surface area contributed by atoms with E-state index in [2.05, 4.69) is 19.4 Å². The molecule has 0 spiro atoms. The summed E-state index contributed by atoms with van der Waals surface area (Å²) in [5.41, 5.74) is 2.51. The van der Waals surface area contributed by atoms with Crippen molar-refractivity contribution in [2.45, 2.75) is 13.0 Å². The van der Waals surface area contributed by atoms with Crippen LogP contribution in [0, 0.1) is 0 Å². The number of hydrogen-bond donors (Lipinski definition) is 2. The summed E-state index contributed by atoms with van der Waals surface area (Å²) < 4.78 is 18.3. The average Bonchev–Trinajstić information content (AvgIpc) is 3.26. The van der Waals surface area contributed by atoms with Crippen molar-refractivity contribution in [3.05, 3.63) is 54.1 Å². The molecule has 160 valence electrons. The van der Waals surface area contributed by atoms with Gasteiger partial charge in [0.15, 0.2) is 6.61 Å². The SMILES string of the molecule is COc1ccc(C=CC(=O)NC(C)C(=O)OCC(=O)Nc2cccc3nsnc23)cc1. The topological polar surface area (TPSA) is 120 Å². The van der Waals surface area contributed by atoms with E-state index in [0.29, 0.717) is 22.5 Å². The van der Waals surface area contributed by atoms with E-state index < -0.39 is 30.4 Å². The molecule has 0 aliphatic rings. The molecule has 0 radical (unpaired) electrons. The van der Waals surface area contributed by atoms with Gasteiger partial charge in [-0.25, -0.2) is 4.79 Å². The first-order valence-corrected chi connectivity index (χ1v) is 9.99. The predicted molar refractivity (Wildman–Crippen MR) is 117 cm³/mol. The maximum Gasteiger partial charge on any atom is 0.328 e. The van der Waals surface area contributed by atoms with Gasteiger partial charge >= 0.3 is 5.97 Å². The highest BCUT2D eigenvalue weighted by Crippen LogP contribution is 2.20. The molecule has 2 aromatic carbocycles. The highest BCUT2D eigenvalue weighted by molar-refractivity contribution is 7.00. The minimum absolute atomic E-state index is 0.465. The van der Waals surface area contributed by atoms with Crippen LogP contribution in [-0.4, -0.2) is 46.3 Å². The third-order valence-corrected chi connectivity index (χ3v) is 4.70. The summed E-state index contributed by atoms with van der Waals surface area (Å²) in [5, 5.41) is 5.13. The summed E-state index contributed by atoms with van der Waals surface area (Å²) in [4.78, 5) is 36.2. The minimum Gasteiger partial charge on any atom is -0.497 e. The van der Waals surface area contributed by atoms with Gasteiger partial charge in [-0.2, -0.15) is 8.75 Å². The first-order chi connectivity index (χ1) is 15.0. The molecule has 1 atom stereocenters. The number of ether oxygens (including phenoxy) is 2. The molecule has 0 saturated heterocycles. The maximum absolute atomic E-state index is 12.1. The Labute approximate surface area is 182 Å². The van der Waals surface area contributed by atoms with E-state index >= 15 is 0 Å². The van der Waals surface area contributed by atoms with Crippen LogP contribution in [0.4, 0.5) is 5.69 Å². The highest BCUT2D eigenvalue weighted by atomic mass is 32.1. The zero-order valence-electron chi connectivity index (χ0n) is 16.8. The van der Waals surface area contributed by atoms with Crippen molar-refractivity contribution >= 4 is 52.3 Å². The Kier molecular flexibility index (Phi) is 7.28. The number of methoxy groups -OCH3 is 1. The Morgan fingerprint density at radius 1 is 1.13 bits per heavy atom. The van der Waals surface area contributed by atoms with Crippen LogP contribution in [0.25, 0.3) is 17.1 Å². The molecular weight excluding hydrogens is 420 g/mol. The second-order valence-electron chi connectivity index (χ2n) is 6.43. The fraction of sp³-hybridized carbons (Fsp3) is 0.190. The molecule has 0 fully saturated rings. The summed E-state index contributed by atoms with van der Waals surface area (Å²) >= 11 is 1.04. The first-order valence-electron chi connectivity index (χ1n) is 9.26. The lowest BCUT2D eigenvalue weighted by atomic mass is 10.2. The maximum atomic E-state index is 12.1. The second kappa shape index (κ2) is 10.3. The number of esters is 1. The van der Waals surface area contributed by atoms with Gasteiger partial charge in [0.1, 0.15) is 22.8 Å². The summed E-state index contributed by atoms with van der Waals surface area (Å²) in [6.07, 6.45) is 2.91. The number of rotatable bonds is 8. The number of nitrogens with one attached hydrogen (secondary N) is 2. The van der Waals surface area contributed by atoms with E-state index in [1.54, 1.807) is 55.7 Å². The van der Waals surface area contributed by atoms with E-state index in [9.17, 15) is 14.4 Å². The zero-order valence-corrected chi connectivity index (χ0v) is 17.6. The lowest BCUT2D eigenvalue weighted by molar-refractivity contribution is -0.149. The molecule has 3 aromatic rings. The van der Waals surface area contributed by atoms with Gasteiger partial charge in [-0.05, 0) is 42.8 Å². The van der Waals surface area contributed by atoms with Crippen molar-refractivity contribution in [3.63, 3.8) is 0 Å². The van der Waals surface area contributed by atoms with Gasteiger partial charge < -0.3 is 20.1 Å². The largest absolute Gasteiger partial charge is 0.497 e. The van der Waals surface area contributed by atoms with Crippen LogP contribution in [0.5, 0.6) is 5.75 Å². The number of carbonyl (C=O) groups is 3. The first kappa shape index (κ1) is 21.9. The van der Waals surface area contributed by atoms with Gasteiger partial charge in [0.2, 0.25) is 5.91 Å². The van der Waals surface area contributed by atoms with Gasteiger partial charge in [0.25, 0.3) is 5.91 Å². The fourth-order valence-corrected chi connectivity index (χ4v) is 3.11. The lowest BCUT2D eigenvalue weighted by Crippen LogP contribution is -2.39. The van der Waals surface area contributed by atoms with Crippen molar-refractivity contribution in [3.8, 4) is 5.75 Å². The number of aromatic nitrogens is 2. The van der Waals surface area contributed by atoms with Crippen LogP contribution < -0.4 is 15.4 Å². The monoisotopic (exact) mass is 440 g/mol. The molecule has 3 rings (SSSR count). The number of carbonyl (C=O) groups excluding carboxylic acids is 3. The molecule has 0 bridgehead atoms. The Hall–Kier alpha value is -3.79. The van der Waals surface area contributed by atoms with Crippen molar-refractivity contribution in [2.75, 3.05) is 19.0 Å². The molecule has 1 heterocycles. The van der Waals surface area contributed by atoms with Crippen LogP contribution in [0.15, 0.2) is 48.5 Å². The normalized spacial score (nSPS) is 11.8.